The first-order valence-corrected chi connectivity index (χ1v) is 9.26. The van der Waals surface area contributed by atoms with Gasteiger partial charge in [0.1, 0.15) is 0 Å². The summed E-state index contributed by atoms with van der Waals surface area (Å²) in [6.45, 7) is 0. The van der Waals surface area contributed by atoms with Crippen molar-refractivity contribution >= 4 is 6.03 Å². The zero-order chi connectivity index (χ0) is 17.6. The highest BCUT2D eigenvalue weighted by Crippen LogP contribution is 2.42. The Bertz CT molecular complexity index is 654. The average molecular weight is 349 g/mol. The molecule has 4 nitrogen and oxygen atoms in total. The Morgan fingerprint density at radius 2 is 1.84 bits per heavy atom. The number of urea groups is 1. The maximum atomic E-state index is 13.8. The van der Waals surface area contributed by atoms with Crippen LogP contribution in [0, 0.1) is 11.6 Å². The molecule has 0 spiro atoms. The van der Waals surface area contributed by atoms with Crippen LogP contribution >= 0.6 is 0 Å². The fourth-order valence-electron chi connectivity index (χ4n) is 4.63. The quantitative estimate of drug-likeness (QED) is 0.881. The van der Waals surface area contributed by atoms with Crippen molar-refractivity contribution in [3.05, 3.63) is 35.4 Å². The van der Waals surface area contributed by atoms with E-state index in [0.29, 0.717) is 24.1 Å². The van der Waals surface area contributed by atoms with E-state index in [-0.39, 0.29) is 24.0 Å². The molecule has 0 aromatic heterocycles. The molecule has 1 aromatic carbocycles. The van der Waals surface area contributed by atoms with Crippen molar-refractivity contribution < 1.29 is 13.6 Å². The number of nitrogens with zero attached hydrogens (tertiary/aromatic N) is 1. The van der Waals surface area contributed by atoms with Crippen LogP contribution in [0.25, 0.3) is 0 Å². The Balaban J connectivity index is 1.30. The van der Waals surface area contributed by atoms with Gasteiger partial charge < -0.3 is 15.5 Å². The highest BCUT2D eigenvalue weighted by molar-refractivity contribution is 5.75. The molecule has 1 aliphatic carbocycles. The van der Waals surface area contributed by atoms with Crippen molar-refractivity contribution in [1.29, 1.82) is 0 Å². The standard InChI is InChI=1S/C19H25F2N3O/c1-24-12-4-2-5-13(24)9-11(8-12)22-19(25)23-17-10-15(17)14-6-3-7-16(20)18(14)21/h3,6-7,11-13,15,17H,2,4-5,8-10H2,1H3,(H2,22,23,25)/t12-,13-,15+,17+/m0/s1. The molecule has 4 atom stereocenters. The Morgan fingerprint density at radius 1 is 1.12 bits per heavy atom. The molecule has 2 bridgehead atoms. The van der Waals surface area contributed by atoms with Crippen LogP contribution in [0.1, 0.15) is 50.0 Å². The van der Waals surface area contributed by atoms with Gasteiger partial charge in [-0.1, -0.05) is 18.6 Å². The van der Waals surface area contributed by atoms with Gasteiger partial charge in [0.15, 0.2) is 11.6 Å². The molecular formula is C19H25F2N3O. The smallest absolute Gasteiger partial charge is 0.315 e. The minimum absolute atomic E-state index is 0.109. The summed E-state index contributed by atoms with van der Waals surface area (Å²) in [7, 11) is 2.19. The molecule has 2 aliphatic heterocycles. The van der Waals surface area contributed by atoms with Gasteiger partial charge in [0.25, 0.3) is 0 Å². The number of carbonyl (C=O) groups is 1. The SMILES string of the molecule is CN1[C@H]2CCC[C@H]1CC(NC(=O)N[C@@H]1C[C@@H]1c1cccc(F)c1F)C2. The van der Waals surface area contributed by atoms with Gasteiger partial charge in [-0.15, -0.1) is 0 Å². The summed E-state index contributed by atoms with van der Waals surface area (Å²) in [5.74, 6) is -1.75. The summed E-state index contributed by atoms with van der Waals surface area (Å²) in [6, 6.07) is 5.27. The number of amides is 2. The third-order valence-corrected chi connectivity index (χ3v) is 6.16. The molecule has 2 amide bonds. The minimum Gasteiger partial charge on any atom is -0.335 e. The van der Waals surface area contributed by atoms with E-state index in [0.717, 1.165) is 18.9 Å². The molecule has 2 heterocycles. The first-order chi connectivity index (χ1) is 12.0. The van der Waals surface area contributed by atoms with Gasteiger partial charge in [0.2, 0.25) is 0 Å². The van der Waals surface area contributed by atoms with Crippen LogP contribution < -0.4 is 10.6 Å². The summed E-state index contributed by atoms with van der Waals surface area (Å²) in [5.41, 5.74) is 0.360. The second-order valence-electron chi connectivity index (χ2n) is 7.78. The van der Waals surface area contributed by atoms with E-state index in [1.807, 2.05) is 0 Å². The number of hydrogen-bond acceptors (Lipinski definition) is 2. The Kier molecular flexibility index (Phi) is 4.40. The monoisotopic (exact) mass is 349 g/mol. The van der Waals surface area contributed by atoms with Crippen LogP contribution in [-0.4, -0.2) is 42.1 Å². The molecule has 3 fully saturated rings. The number of benzene rings is 1. The Hall–Kier alpha value is -1.69. The lowest BCUT2D eigenvalue weighted by atomic mass is 9.82. The second kappa shape index (κ2) is 6.56. The van der Waals surface area contributed by atoms with Crippen LogP contribution in [0.2, 0.25) is 0 Å². The highest BCUT2D eigenvalue weighted by Gasteiger charge is 2.42. The van der Waals surface area contributed by atoms with Crippen molar-refractivity contribution in [3.63, 3.8) is 0 Å². The molecule has 6 heteroatoms. The normalized spacial score (nSPS) is 34.4. The van der Waals surface area contributed by atoms with Crippen LogP contribution in [-0.2, 0) is 0 Å². The predicted molar refractivity (Wildman–Crippen MR) is 91.4 cm³/mol. The van der Waals surface area contributed by atoms with Crippen LogP contribution in [0.4, 0.5) is 13.6 Å². The predicted octanol–water partition coefficient (Wildman–Crippen LogP) is 3.14. The third kappa shape index (κ3) is 3.36. The molecule has 4 rings (SSSR count). The number of rotatable bonds is 3. The maximum Gasteiger partial charge on any atom is 0.315 e. The molecule has 2 saturated heterocycles. The summed E-state index contributed by atoms with van der Waals surface area (Å²) in [6.07, 6.45) is 6.33. The van der Waals surface area contributed by atoms with E-state index in [1.165, 1.54) is 25.3 Å². The lowest BCUT2D eigenvalue weighted by molar-refractivity contribution is 0.0509. The van der Waals surface area contributed by atoms with E-state index in [1.54, 1.807) is 6.07 Å². The Morgan fingerprint density at radius 3 is 2.56 bits per heavy atom. The van der Waals surface area contributed by atoms with Crippen molar-refractivity contribution in [1.82, 2.24) is 15.5 Å². The van der Waals surface area contributed by atoms with Gasteiger partial charge in [0.05, 0.1) is 0 Å². The number of halogens is 2. The second-order valence-corrected chi connectivity index (χ2v) is 7.78. The minimum atomic E-state index is -0.828. The molecule has 1 saturated carbocycles. The van der Waals surface area contributed by atoms with Crippen molar-refractivity contribution in [2.24, 2.45) is 0 Å². The molecule has 0 unspecified atom stereocenters. The molecular weight excluding hydrogens is 324 g/mol. The van der Waals surface area contributed by atoms with E-state index >= 15 is 0 Å². The fourth-order valence-corrected chi connectivity index (χ4v) is 4.63. The number of hydrogen-bond donors (Lipinski definition) is 2. The van der Waals surface area contributed by atoms with E-state index in [9.17, 15) is 13.6 Å². The Labute approximate surface area is 147 Å². The van der Waals surface area contributed by atoms with Gasteiger partial charge in [-0.3, -0.25) is 0 Å². The average Bonchev–Trinajstić information content (AvgIpc) is 3.29. The third-order valence-electron chi connectivity index (χ3n) is 6.16. The molecule has 1 aromatic rings. The summed E-state index contributed by atoms with van der Waals surface area (Å²) >= 11 is 0. The van der Waals surface area contributed by atoms with Gasteiger partial charge in [0, 0.05) is 30.1 Å². The van der Waals surface area contributed by atoms with Crippen molar-refractivity contribution in [3.8, 4) is 0 Å². The first-order valence-electron chi connectivity index (χ1n) is 9.26. The number of nitrogens with one attached hydrogen (secondary N) is 2. The summed E-state index contributed by atoms with van der Waals surface area (Å²) in [5, 5.41) is 6.01. The van der Waals surface area contributed by atoms with Gasteiger partial charge >= 0.3 is 6.03 Å². The first kappa shape index (κ1) is 16.8. The van der Waals surface area contributed by atoms with Crippen molar-refractivity contribution in [2.45, 2.75) is 68.6 Å². The zero-order valence-electron chi connectivity index (χ0n) is 14.5. The van der Waals surface area contributed by atoms with Gasteiger partial charge in [-0.2, -0.15) is 0 Å². The maximum absolute atomic E-state index is 13.8. The molecule has 0 radical (unpaired) electrons. The molecule has 25 heavy (non-hydrogen) atoms. The van der Waals surface area contributed by atoms with Crippen molar-refractivity contribution in [2.75, 3.05) is 7.05 Å². The lowest BCUT2D eigenvalue weighted by Crippen LogP contribution is -2.56. The molecule has 136 valence electrons. The number of piperidine rings is 2. The van der Waals surface area contributed by atoms with E-state index in [4.69, 9.17) is 0 Å². The van der Waals surface area contributed by atoms with Crippen LogP contribution in [0.15, 0.2) is 18.2 Å². The topological polar surface area (TPSA) is 44.4 Å². The number of carbonyl (C=O) groups excluding carboxylic acids is 1. The van der Waals surface area contributed by atoms with Gasteiger partial charge in [-0.05, 0) is 50.8 Å². The molecule has 2 N–H and O–H groups in total. The van der Waals surface area contributed by atoms with Gasteiger partial charge in [-0.25, -0.2) is 13.6 Å². The summed E-state index contributed by atoms with van der Waals surface area (Å²) in [4.78, 5) is 14.7. The fraction of sp³-hybridized carbons (Fsp3) is 0.632. The van der Waals surface area contributed by atoms with E-state index in [2.05, 4.69) is 22.6 Å². The largest absolute Gasteiger partial charge is 0.335 e. The summed E-state index contributed by atoms with van der Waals surface area (Å²) < 4.78 is 27.2. The molecule has 3 aliphatic rings. The lowest BCUT2D eigenvalue weighted by Gasteiger charge is -2.47. The van der Waals surface area contributed by atoms with Crippen LogP contribution in [0.3, 0.4) is 0 Å². The van der Waals surface area contributed by atoms with E-state index < -0.39 is 11.6 Å². The van der Waals surface area contributed by atoms with Crippen LogP contribution in [0.5, 0.6) is 0 Å². The zero-order valence-corrected chi connectivity index (χ0v) is 14.5. The highest BCUT2D eigenvalue weighted by atomic mass is 19.2. The number of fused-ring (bicyclic) bond motifs is 2.